The van der Waals surface area contributed by atoms with Gasteiger partial charge in [0.15, 0.2) is 5.69 Å². The van der Waals surface area contributed by atoms with Crippen molar-refractivity contribution in [3.05, 3.63) is 71.5 Å². The van der Waals surface area contributed by atoms with E-state index >= 15 is 0 Å². The number of rotatable bonds is 5. The molecule has 2 heterocycles. The summed E-state index contributed by atoms with van der Waals surface area (Å²) < 4.78 is 6.96. The lowest BCUT2D eigenvalue weighted by atomic mass is 9.98. The van der Waals surface area contributed by atoms with Crippen molar-refractivity contribution in [2.45, 2.75) is 12.0 Å². The number of thioether (sulfide) groups is 1. The minimum absolute atomic E-state index is 0.0234. The molecule has 3 aromatic rings. The van der Waals surface area contributed by atoms with Crippen LogP contribution in [0.15, 0.2) is 54.7 Å². The molecule has 9 nitrogen and oxygen atoms in total. The lowest BCUT2D eigenvalue weighted by Crippen LogP contribution is -2.42. The highest BCUT2D eigenvalue weighted by Gasteiger charge is 2.37. The van der Waals surface area contributed by atoms with E-state index in [2.05, 4.69) is 22.5 Å². The van der Waals surface area contributed by atoms with Crippen LogP contribution in [0.25, 0.3) is 11.1 Å². The third kappa shape index (κ3) is 3.90. The molecule has 2 N–H and O–H groups in total. The van der Waals surface area contributed by atoms with Crippen molar-refractivity contribution in [1.29, 1.82) is 0 Å². The van der Waals surface area contributed by atoms with Crippen molar-refractivity contribution in [2.24, 2.45) is 7.05 Å². The maximum Gasteiger partial charge on any atom is 0.411 e. The van der Waals surface area contributed by atoms with Gasteiger partial charge in [-0.25, -0.2) is 9.59 Å². The molecule has 1 fully saturated rings. The topological polar surface area (TPSA) is 114 Å². The Kier molecular flexibility index (Phi) is 5.74. The zero-order valence-corrected chi connectivity index (χ0v) is 19.1. The lowest BCUT2D eigenvalue weighted by Gasteiger charge is -2.20. The summed E-state index contributed by atoms with van der Waals surface area (Å²) in [5.41, 5.74) is 4.60. The van der Waals surface area contributed by atoms with Gasteiger partial charge >= 0.3 is 12.1 Å². The van der Waals surface area contributed by atoms with Crippen molar-refractivity contribution < 1.29 is 24.2 Å². The first-order valence-electron chi connectivity index (χ1n) is 10.7. The molecule has 1 aliphatic heterocycles. The van der Waals surface area contributed by atoms with Gasteiger partial charge in [0.25, 0.3) is 5.91 Å². The molecular formula is C24H22N4O5S. The molecule has 2 aliphatic rings. The van der Waals surface area contributed by atoms with Crippen LogP contribution in [0.5, 0.6) is 0 Å². The SMILES string of the molecule is Cn1cc(NC(=O)OCC2c3ccccc3-c3ccccc32)c(C(=O)N2CSC[C@H]2C(=O)O)n1. The molecule has 2 amide bonds. The van der Waals surface area contributed by atoms with E-state index in [1.807, 2.05) is 36.4 Å². The van der Waals surface area contributed by atoms with Gasteiger partial charge in [-0.15, -0.1) is 11.8 Å². The first-order chi connectivity index (χ1) is 16.4. The molecule has 1 atom stereocenters. The molecule has 0 spiro atoms. The molecule has 34 heavy (non-hydrogen) atoms. The van der Waals surface area contributed by atoms with E-state index < -0.39 is 24.0 Å². The number of nitrogens with zero attached hydrogens (tertiary/aromatic N) is 3. The first-order valence-corrected chi connectivity index (χ1v) is 11.9. The third-order valence-electron chi connectivity index (χ3n) is 6.04. The van der Waals surface area contributed by atoms with Gasteiger partial charge in [-0.1, -0.05) is 48.5 Å². The largest absolute Gasteiger partial charge is 0.480 e. The van der Waals surface area contributed by atoms with Crippen LogP contribution >= 0.6 is 11.8 Å². The van der Waals surface area contributed by atoms with Crippen LogP contribution < -0.4 is 5.32 Å². The number of ether oxygens (including phenoxy) is 1. The summed E-state index contributed by atoms with van der Waals surface area (Å²) in [5, 5.41) is 16.1. The maximum absolute atomic E-state index is 13.0. The smallest absolute Gasteiger partial charge is 0.411 e. The number of hydrogen-bond donors (Lipinski definition) is 2. The number of aliphatic carboxylic acids is 1. The highest BCUT2D eigenvalue weighted by Crippen LogP contribution is 2.44. The van der Waals surface area contributed by atoms with E-state index in [4.69, 9.17) is 4.74 Å². The van der Waals surface area contributed by atoms with E-state index in [-0.39, 0.29) is 29.8 Å². The number of carbonyl (C=O) groups is 3. The summed E-state index contributed by atoms with van der Waals surface area (Å²) in [6, 6.07) is 15.2. The Morgan fingerprint density at radius 2 is 1.76 bits per heavy atom. The molecule has 0 bridgehead atoms. The Bertz CT molecular complexity index is 1240. The molecular weight excluding hydrogens is 456 g/mol. The van der Waals surface area contributed by atoms with Gasteiger partial charge < -0.3 is 14.7 Å². The normalized spacial score (nSPS) is 16.7. The fourth-order valence-electron chi connectivity index (χ4n) is 4.47. The number of carboxylic acids is 1. The van der Waals surface area contributed by atoms with Gasteiger partial charge in [0.2, 0.25) is 0 Å². The Morgan fingerprint density at radius 3 is 2.41 bits per heavy atom. The van der Waals surface area contributed by atoms with Crippen LogP contribution in [0.4, 0.5) is 10.5 Å². The van der Waals surface area contributed by atoms with E-state index in [1.54, 1.807) is 7.05 Å². The summed E-state index contributed by atoms with van der Waals surface area (Å²) in [7, 11) is 1.62. The van der Waals surface area contributed by atoms with E-state index in [0.29, 0.717) is 5.75 Å². The number of amides is 2. The molecule has 5 rings (SSSR count). The molecule has 0 saturated carbocycles. The Hall–Kier alpha value is -3.79. The second-order valence-corrected chi connectivity index (χ2v) is 9.14. The van der Waals surface area contributed by atoms with Crippen molar-refractivity contribution in [1.82, 2.24) is 14.7 Å². The maximum atomic E-state index is 13.0. The molecule has 0 unspecified atom stereocenters. The fourth-order valence-corrected chi connectivity index (χ4v) is 5.61. The average molecular weight is 479 g/mol. The number of carbonyl (C=O) groups excluding carboxylic acids is 2. The highest BCUT2D eigenvalue weighted by atomic mass is 32.2. The summed E-state index contributed by atoms with van der Waals surface area (Å²) >= 11 is 1.36. The van der Waals surface area contributed by atoms with E-state index in [0.717, 1.165) is 22.3 Å². The van der Waals surface area contributed by atoms with Crippen LogP contribution in [0, 0.1) is 0 Å². The number of nitrogens with one attached hydrogen (secondary N) is 1. The van der Waals surface area contributed by atoms with Crippen LogP contribution in [-0.4, -0.2) is 62.0 Å². The van der Waals surface area contributed by atoms with Gasteiger partial charge in [-0.3, -0.25) is 14.8 Å². The number of aromatic nitrogens is 2. The van der Waals surface area contributed by atoms with Gasteiger partial charge in [0.1, 0.15) is 12.6 Å². The van der Waals surface area contributed by atoms with Gasteiger partial charge in [0.05, 0.1) is 11.6 Å². The predicted molar refractivity (Wildman–Crippen MR) is 127 cm³/mol. The number of fused-ring (bicyclic) bond motifs is 3. The quantitative estimate of drug-likeness (QED) is 0.578. The van der Waals surface area contributed by atoms with Crippen LogP contribution in [-0.2, 0) is 16.6 Å². The fraction of sp³-hybridized carbons (Fsp3) is 0.250. The number of benzene rings is 2. The monoisotopic (exact) mass is 478 g/mol. The summed E-state index contributed by atoms with van der Waals surface area (Å²) in [5.74, 6) is -1.15. The van der Waals surface area contributed by atoms with Crippen LogP contribution in [0.2, 0.25) is 0 Å². The minimum atomic E-state index is -1.07. The number of aryl methyl sites for hydroxylation is 1. The minimum Gasteiger partial charge on any atom is -0.480 e. The lowest BCUT2D eigenvalue weighted by molar-refractivity contribution is -0.140. The molecule has 2 aromatic carbocycles. The summed E-state index contributed by atoms with van der Waals surface area (Å²) in [6.45, 7) is 0.132. The first kappa shape index (κ1) is 22.0. The Labute approximate surface area is 199 Å². The third-order valence-corrected chi connectivity index (χ3v) is 7.05. The molecule has 1 aromatic heterocycles. The molecule has 1 aliphatic carbocycles. The summed E-state index contributed by atoms with van der Waals surface area (Å²) in [4.78, 5) is 38.4. The van der Waals surface area contributed by atoms with Crippen LogP contribution in [0.1, 0.15) is 27.5 Å². The van der Waals surface area contributed by atoms with Crippen molar-refractivity contribution in [2.75, 3.05) is 23.6 Å². The second kappa shape index (κ2) is 8.86. The molecule has 0 radical (unpaired) electrons. The average Bonchev–Trinajstić information content (AvgIpc) is 3.53. The van der Waals surface area contributed by atoms with Crippen molar-refractivity contribution in [3.63, 3.8) is 0 Å². The van der Waals surface area contributed by atoms with E-state index in [1.165, 1.54) is 27.5 Å². The highest BCUT2D eigenvalue weighted by molar-refractivity contribution is 7.99. The van der Waals surface area contributed by atoms with Crippen molar-refractivity contribution in [3.8, 4) is 11.1 Å². The van der Waals surface area contributed by atoms with Crippen LogP contribution in [0.3, 0.4) is 0 Å². The zero-order valence-electron chi connectivity index (χ0n) is 18.3. The molecule has 174 valence electrons. The van der Waals surface area contributed by atoms with Crippen molar-refractivity contribution >= 4 is 35.4 Å². The van der Waals surface area contributed by atoms with E-state index in [9.17, 15) is 19.5 Å². The Morgan fingerprint density at radius 1 is 1.12 bits per heavy atom. The molecule has 10 heteroatoms. The zero-order chi connectivity index (χ0) is 23.8. The Balaban J connectivity index is 1.30. The molecule has 1 saturated heterocycles. The van der Waals surface area contributed by atoms with Gasteiger partial charge in [-0.05, 0) is 22.3 Å². The number of hydrogen-bond acceptors (Lipinski definition) is 6. The summed E-state index contributed by atoms with van der Waals surface area (Å²) in [6.07, 6.45) is 0.780. The number of carboxylic acid groups (broad SMARTS) is 1. The standard InChI is InChI=1S/C24H22N4O5S/c1-27-10-19(21(26-27)22(29)28-13-34-12-20(28)23(30)31)25-24(32)33-11-18-16-8-4-2-6-14(16)15-7-3-5-9-17(15)18/h2-10,18,20H,11-13H2,1H3,(H,25,32)(H,30,31)/t20-/m0/s1. The number of anilines is 1. The second-order valence-electron chi connectivity index (χ2n) is 8.14. The van der Waals surface area contributed by atoms with Gasteiger partial charge in [0, 0.05) is 24.9 Å². The van der Waals surface area contributed by atoms with Gasteiger partial charge in [-0.2, -0.15) is 5.10 Å². The predicted octanol–water partition coefficient (Wildman–Crippen LogP) is 3.38.